The molecule has 3 rings (SSSR count). The van der Waals surface area contributed by atoms with Gasteiger partial charge in [-0.05, 0) is 25.0 Å². The van der Waals surface area contributed by atoms with Gasteiger partial charge in [0.1, 0.15) is 0 Å². The summed E-state index contributed by atoms with van der Waals surface area (Å²) in [7, 11) is 1.43. The standard InChI is InChI=1S/C23H35N5O3/c1-4-24-23(28-16-18(2)20(17-28)22(30)31-3)25-11-10-21(29)27-14-12-26(13-15-27)19-8-6-5-7-9-19/h5-9,18,20H,4,10-17H2,1-3H3,(H,24,25). The molecule has 8 nitrogen and oxygen atoms in total. The van der Waals surface area contributed by atoms with Crippen molar-refractivity contribution < 1.29 is 14.3 Å². The van der Waals surface area contributed by atoms with Crippen LogP contribution < -0.4 is 10.2 Å². The molecule has 2 saturated heterocycles. The lowest BCUT2D eigenvalue weighted by atomic mass is 9.99. The summed E-state index contributed by atoms with van der Waals surface area (Å²) in [6.07, 6.45) is 0.393. The molecule has 1 aromatic carbocycles. The smallest absolute Gasteiger partial charge is 0.310 e. The third-order valence-corrected chi connectivity index (χ3v) is 6.09. The number of esters is 1. The van der Waals surface area contributed by atoms with E-state index >= 15 is 0 Å². The van der Waals surface area contributed by atoms with Gasteiger partial charge in [-0.2, -0.15) is 0 Å². The minimum atomic E-state index is -0.171. The Morgan fingerprint density at radius 1 is 1.10 bits per heavy atom. The lowest BCUT2D eigenvalue weighted by molar-refractivity contribution is -0.146. The van der Waals surface area contributed by atoms with Crippen molar-refractivity contribution >= 4 is 23.5 Å². The molecule has 1 N–H and O–H groups in total. The summed E-state index contributed by atoms with van der Waals surface area (Å²) in [6, 6.07) is 10.3. The van der Waals surface area contributed by atoms with Crippen molar-refractivity contribution in [3.63, 3.8) is 0 Å². The second kappa shape index (κ2) is 11.0. The zero-order chi connectivity index (χ0) is 22.2. The van der Waals surface area contributed by atoms with Crippen molar-refractivity contribution in [2.24, 2.45) is 16.8 Å². The molecule has 0 saturated carbocycles. The molecule has 2 atom stereocenters. The summed E-state index contributed by atoms with van der Waals surface area (Å²) in [5.74, 6) is 0.808. The maximum absolute atomic E-state index is 12.7. The van der Waals surface area contributed by atoms with E-state index in [1.165, 1.54) is 12.8 Å². The first-order valence-corrected chi connectivity index (χ1v) is 11.2. The number of carbonyl (C=O) groups is 2. The second-order valence-electron chi connectivity index (χ2n) is 8.20. The Balaban J connectivity index is 1.49. The molecule has 0 spiro atoms. The van der Waals surface area contributed by atoms with Crippen molar-refractivity contribution in [1.82, 2.24) is 15.1 Å². The Morgan fingerprint density at radius 2 is 1.81 bits per heavy atom. The molecule has 1 amide bonds. The van der Waals surface area contributed by atoms with E-state index in [9.17, 15) is 9.59 Å². The van der Waals surface area contributed by atoms with Gasteiger partial charge < -0.3 is 24.8 Å². The molecule has 170 valence electrons. The highest BCUT2D eigenvalue weighted by Gasteiger charge is 2.36. The van der Waals surface area contributed by atoms with Crippen LogP contribution in [0.3, 0.4) is 0 Å². The van der Waals surface area contributed by atoms with Crippen LogP contribution in [0.4, 0.5) is 5.69 Å². The summed E-state index contributed by atoms with van der Waals surface area (Å²) >= 11 is 0. The molecular formula is C23H35N5O3. The van der Waals surface area contributed by atoms with Gasteiger partial charge in [-0.3, -0.25) is 14.6 Å². The van der Waals surface area contributed by atoms with Crippen LogP contribution in [0.15, 0.2) is 35.3 Å². The van der Waals surface area contributed by atoms with E-state index in [4.69, 9.17) is 4.74 Å². The molecule has 0 aromatic heterocycles. The van der Waals surface area contributed by atoms with E-state index in [1.807, 2.05) is 30.0 Å². The molecule has 2 fully saturated rings. The molecule has 0 aliphatic carbocycles. The zero-order valence-corrected chi connectivity index (χ0v) is 18.9. The predicted octanol–water partition coefficient (Wildman–Crippen LogP) is 1.43. The summed E-state index contributed by atoms with van der Waals surface area (Å²) in [5, 5.41) is 3.29. The average molecular weight is 430 g/mol. The molecule has 2 aliphatic heterocycles. The summed E-state index contributed by atoms with van der Waals surface area (Å²) in [4.78, 5) is 35.7. The van der Waals surface area contributed by atoms with Crippen molar-refractivity contribution in [2.45, 2.75) is 20.3 Å². The van der Waals surface area contributed by atoms with Crippen molar-refractivity contribution in [1.29, 1.82) is 0 Å². The third-order valence-electron chi connectivity index (χ3n) is 6.09. The third kappa shape index (κ3) is 5.89. The van der Waals surface area contributed by atoms with Gasteiger partial charge in [-0.1, -0.05) is 25.1 Å². The zero-order valence-electron chi connectivity index (χ0n) is 18.9. The maximum Gasteiger partial charge on any atom is 0.310 e. The molecule has 0 radical (unpaired) electrons. The number of methoxy groups -OCH3 is 1. The van der Waals surface area contributed by atoms with E-state index in [0.717, 1.165) is 45.2 Å². The van der Waals surface area contributed by atoms with Gasteiger partial charge in [0.15, 0.2) is 5.96 Å². The number of hydrogen-bond donors (Lipinski definition) is 1. The topological polar surface area (TPSA) is 77.5 Å². The van der Waals surface area contributed by atoms with Gasteiger partial charge in [0.2, 0.25) is 5.91 Å². The van der Waals surface area contributed by atoms with Crippen LogP contribution in [0, 0.1) is 11.8 Å². The number of likely N-dealkylation sites (tertiary alicyclic amines) is 1. The predicted molar refractivity (Wildman–Crippen MR) is 122 cm³/mol. The molecule has 2 heterocycles. The number of ether oxygens (including phenoxy) is 1. The normalized spacial score (nSPS) is 21.9. The molecule has 1 aromatic rings. The highest BCUT2D eigenvalue weighted by Crippen LogP contribution is 2.24. The van der Waals surface area contributed by atoms with Gasteiger partial charge in [0.25, 0.3) is 0 Å². The molecule has 2 aliphatic rings. The number of aliphatic imine (C=N–C) groups is 1. The largest absolute Gasteiger partial charge is 0.469 e. The Kier molecular flexibility index (Phi) is 8.14. The first-order valence-electron chi connectivity index (χ1n) is 11.2. The maximum atomic E-state index is 12.7. The summed E-state index contributed by atoms with van der Waals surface area (Å²) in [5.41, 5.74) is 1.21. The van der Waals surface area contributed by atoms with Gasteiger partial charge in [-0.15, -0.1) is 0 Å². The first kappa shape index (κ1) is 22.9. The monoisotopic (exact) mass is 429 g/mol. The summed E-state index contributed by atoms with van der Waals surface area (Å²) in [6.45, 7) is 9.77. The number of anilines is 1. The second-order valence-corrected chi connectivity index (χ2v) is 8.20. The van der Waals surface area contributed by atoms with E-state index in [2.05, 4.69) is 39.2 Å². The average Bonchev–Trinajstić information content (AvgIpc) is 3.20. The molecule has 31 heavy (non-hydrogen) atoms. The summed E-state index contributed by atoms with van der Waals surface area (Å²) < 4.78 is 4.93. The van der Waals surface area contributed by atoms with E-state index in [0.29, 0.717) is 19.5 Å². The minimum Gasteiger partial charge on any atom is -0.469 e. The number of para-hydroxylation sites is 1. The van der Waals surface area contributed by atoms with Crippen molar-refractivity contribution in [2.75, 3.05) is 64.4 Å². The number of piperazine rings is 1. The number of guanidine groups is 1. The quantitative estimate of drug-likeness (QED) is 0.419. The van der Waals surface area contributed by atoms with E-state index in [-0.39, 0.29) is 23.7 Å². The van der Waals surface area contributed by atoms with Gasteiger partial charge in [-0.25, -0.2) is 0 Å². The highest BCUT2D eigenvalue weighted by atomic mass is 16.5. The SMILES string of the molecule is CCNC(=NCCC(=O)N1CCN(c2ccccc2)CC1)N1CC(C)C(C(=O)OC)C1. The van der Waals surface area contributed by atoms with Crippen LogP contribution in [-0.4, -0.2) is 87.1 Å². The van der Waals surface area contributed by atoms with Gasteiger partial charge >= 0.3 is 5.97 Å². The van der Waals surface area contributed by atoms with E-state index in [1.54, 1.807) is 0 Å². The lowest BCUT2D eigenvalue weighted by Gasteiger charge is -2.36. The molecule has 2 unspecified atom stereocenters. The van der Waals surface area contributed by atoms with Crippen LogP contribution in [0.5, 0.6) is 0 Å². The van der Waals surface area contributed by atoms with Crippen molar-refractivity contribution in [3.05, 3.63) is 30.3 Å². The Labute approximate surface area is 185 Å². The van der Waals surface area contributed by atoms with Crippen LogP contribution in [0.1, 0.15) is 20.3 Å². The fourth-order valence-electron chi connectivity index (χ4n) is 4.29. The number of carbonyl (C=O) groups excluding carboxylic acids is 2. The van der Waals surface area contributed by atoms with Gasteiger partial charge in [0.05, 0.1) is 19.6 Å². The molecule has 8 heteroatoms. The van der Waals surface area contributed by atoms with Crippen molar-refractivity contribution in [3.8, 4) is 0 Å². The minimum absolute atomic E-state index is 0.142. The van der Waals surface area contributed by atoms with Crippen LogP contribution in [0.25, 0.3) is 0 Å². The lowest BCUT2D eigenvalue weighted by Crippen LogP contribution is -2.49. The molecular weight excluding hydrogens is 394 g/mol. The Morgan fingerprint density at radius 3 is 2.45 bits per heavy atom. The van der Waals surface area contributed by atoms with E-state index < -0.39 is 0 Å². The highest BCUT2D eigenvalue weighted by molar-refractivity contribution is 5.83. The number of amides is 1. The number of hydrogen-bond acceptors (Lipinski definition) is 5. The van der Waals surface area contributed by atoms with Crippen LogP contribution in [-0.2, 0) is 14.3 Å². The Bertz CT molecular complexity index is 762. The number of benzene rings is 1. The number of nitrogens with one attached hydrogen (secondary N) is 1. The fraction of sp³-hybridized carbons (Fsp3) is 0.609. The molecule has 0 bridgehead atoms. The Hall–Kier alpha value is -2.77. The fourth-order valence-corrected chi connectivity index (χ4v) is 4.29. The van der Waals surface area contributed by atoms with Crippen LogP contribution in [0.2, 0.25) is 0 Å². The number of rotatable bonds is 6. The van der Waals surface area contributed by atoms with Crippen LogP contribution >= 0.6 is 0 Å². The number of nitrogens with zero attached hydrogens (tertiary/aromatic N) is 4. The first-order chi connectivity index (χ1) is 15.0. The van der Waals surface area contributed by atoms with Gasteiger partial charge in [0, 0.05) is 57.9 Å².